The largest absolute Gasteiger partial charge is 0.368 e. The van der Waals surface area contributed by atoms with Crippen LogP contribution in [0.15, 0.2) is 6.07 Å². The van der Waals surface area contributed by atoms with Crippen molar-refractivity contribution in [3.05, 3.63) is 17.5 Å². The fraction of sp³-hybridized carbons (Fsp3) is 0.714. The maximum absolute atomic E-state index is 11.7. The molecule has 2 unspecified atom stereocenters. The summed E-state index contributed by atoms with van der Waals surface area (Å²) in [5.74, 6) is -0.324. The Morgan fingerprint density at radius 3 is 2.42 bits per heavy atom. The van der Waals surface area contributed by atoms with E-state index in [4.69, 9.17) is 5.73 Å². The van der Waals surface area contributed by atoms with Gasteiger partial charge in [-0.3, -0.25) is 9.48 Å². The predicted molar refractivity (Wildman–Crippen MR) is 76.9 cm³/mol. The van der Waals surface area contributed by atoms with Crippen LogP contribution >= 0.6 is 0 Å². The molecule has 0 radical (unpaired) electrons. The van der Waals surface area contributed by atoms with Gasteiger partial charge in [-0.05, 0) is 54.0 Å². The summed E-state index contributed by atoms with van der Waals surface area (Å²) in [6, 6.07) is 2.34. The Kier molecular flexibility index (Phi) is 4.74. The summed E-state index contributed by atoms with van der Waals surface area (Å²) in [5.41, 5.74) is 6.92. The molecular formula is C14H26N4O. The van der Waals surface area contributed by atoms with Crippen molar-refractivity contribution in [1.82, 2.24) is 15.1 Å². The lowest BCUT2D eigenvalue weighted by molar-refractivity contribution is -0.124. The molecule has 0 bridgehead atoms. The van der Waals surface area contributed by atoms with Crippen LogP contribution in [0.4, 0.5) is 0 Å². The normalized spacial score (nSPS) is 16.4. The molecule has 0 aliphatic rings. The van der Waals surface area contributed by atoms with Gasteiger partial charge in [-0.15, -0.1) is 0 Å². The standard InChI is InChI=1S/C14H26N4O/c1-9(2)16-14(6,13(15)19)8-12(5)18-11(4)7-10(3)17-18/h7,9,12,16H,8H2,1-6H3,(H2,15,19). The molecule has 0 saturated heterocycles. The molecule has 5 nitrogen and oxygen atoms in total. The summed E-state index contributed by atoms with van der Waals surface area (Å²) in [6.07, 6.45) is 0.614. The average Bonchev–Trinajstić information content (AvgIpc) is 2.56. The number of aryl methyl sites for hydroxylation is 2. The number of nitrogens with one attached hydrogen (secondary N) is 1. The Hall–Kier alpha value is -1.36. The van der Waals surface area contributed by atoms with Gasteiger partial charge in [0, 0.05) is 11.7 Å². The quantitative estimate of drug-likeness (QED) is 0.823. The van der Waals surface area contributed by atoms with E-state index in [-0.39, 0.29) is 18.0 Å². The zero-order valence-electron chi connectivity index (χ0n) is 12.8. The smallest absolute Gasteiger partial charge is 0.237 e. The van der Waals surface area contributed by atoms with Crippen molar-refractivity contribution >= 4 is 5.91 Å². The van der Waals surface area contributed by atoms with E-state index >= 15 is 0 Å². The molecule has 0 saturated carbocycles. The van der Waals surface area contributed by atoms with Crippen molar-refractivity contribution in [2.75, 3.05) is 0 Å². The lowest BCUT2D eigenvalue weighted by atomic mass is 9.92. The molecule has 0 spiro atoms. The Morgan fingerprint density at radius 2 is 2.05 bits per heavy atom. The summed E-state index contributed by atoms with van der Waals surface area (Å²) in [5, 5.41) is 7.74. The van der Waals surface area contributed by atoms with Crippen LogP contribution in [0.3, 0.4) is 0 Å². The molecule has 19 heavy (non-hydrogen) atoms. The predicted octanol–water partition coefficient (Wildman–Crippen LogP) is 1.69. The number of nitrogens with zero attached hydrogens (tertiary/aromatic N) is 2. The molecule has 1 aromatic rings. The van der Waals surface area contributed by atoms with Gasteiger partial charge in [-0.1, -0.05) is 0 Å². The van der Waals surface area contributed by atoms with E-state index in [0.29, 0.717) is 6.42 Å². The van der Waals surface area contributed by atoms with Gasteiger partial charge in [0.15, 0.2) is 0 Å². The van der Waals surface area contributed by atoms with Crippen molar-refractivity contribution in [3.63, 3.8) is 0 Å². The third-order valence-corrected chi connectivity index (χ3v) is 3.32. The number of nitrogens with two attached hydrogens (primary N) is 1. The van der Waals surface area contributed by atoms with Gasteiger partial charge in [-0.25, -0.2) is 0 Å². The third-order valence-electron chi connectivity index (χ3n) is 3.32. The van der Waals surface area contributed by atoms with Crippen molar-refractivity contribution in [2.24, 2.45) is 5.73 Å². The lowest BCUT2D eigenvalue weighted by Gasteiger charge is -2.32. The molecule has 0 fully saturated rings. The molecule has 108 valence electrons. The van der Waals surface area contributed by atoms with Gasteiger partial charge in [0.2, 0.25) is 5.91 Å². The molecule has 0 aliphatic carbocycles. The minimum absolute atomic E-state index is 0.109. The molecule has 1 rings (SSSR count). The summed E-state index contributed by atoms with van der Waals surface area (Å²) in [7, 11) is 0. The van der Waals surface area contributed by atoms with Crippen LogP contribution in [-0.4, -0.2) is 27.3 Å². The first-order chi connectivity index (χ1) is 8.65. The first-order valence-corrected chi connectivity index (χ1v) is 6.76. The van der Waals surface area contributed by atoms with Gasteiger partial charge < -0.3 is 11.1 Å². The number of rotatable bonds is 6. The molecule has 3 N–H and O–H groups in total. The van der Waals surface area contributed by atoms with E-state index in [1.807, 2.05) is 45.4 Å². The lowest BCUT2D eigenvalue weighted by Crippen LogP contribution is -2.56. The molecule has 1 aromatic heterocycles. The monoisotopic (exact) mass is 266 g/mol. The number of carbonyl (C=O) groups is 1. The van der Waals surface area contributed by atoms with Gasteiger partial charge in [0.05, 0.1) is 17.3 Å². The maximum atomic E-state index is 11.7. The Morgan fingerprint density at radius 1 is 1.47 bits per heavy atom. The van der Waals surface area contributed by atoms with Gasteiger partial charge >= 0.3 is 0 Å². The number of aromatic nitrogens is 2. The van der Waals surface area contributed by atoms with Crippen LogP contribution in [0.2, 0.25) is 0 Å². The molecule has 1 heterocycles. The highest BCUT2D eigenvalue weighted by atomic mass is 16.1. The second-order valence-electron chi connectivity index (χ2n) is 5.92. The van der Waals surface area contributed by atoms with Crippen LogP contribution in [0.5, 0.6) is 0 Å². The fourth-order valence-electron chi connectivity index (χ4n) is 2.64. The zero-order valence-corrected chi connectivity index (χ0v) is 12.8. The van der Waals surface area contributed by atoms with Crippen LogP contribution in [0, 0.1) is 13.8 Å². The molecule has 1 amide bonds. The average molecular weight is 266 g/mol. The first-order valence-electron chi connectivity index (χ1n) is 6.76. The summed E-state index contributed by atoms with van der Waals surface area (Å²) in [4.78, 5) is 11.7. The summed E-state index contributed by atoms with van der Waals surface area (Å²) < 4.78 is 1.96. The SMILES string of the molecule is Cc1cc(C)n(C(C)CC(C)(NC(C)C)C(N)=O)n1. The topological polar surface area (TPSA) is 72.9 Å². The van der Waals surface area contributed by atoms with Crippen LogP contribution in [0.1, 0.15) is 51.5 Å². The van der Waals surface area contributed by atoms with Crippen LogP contribution in [0.25, 0.3) is 0 Å². The second-order valence-corrected chi connectivity index (χ2v) is 5.92. The van der Waals surface area contributed by atoms with E-state index in [1.54, 1.807) is 0 Å². The molecule has 2 atom stereocenters. The van der Waals surface area contributed by atoms with Crippen molar-refractivity contribution < 1.29 is 4.79 Å². The summed E-state index contributed by atoms with van der Waals surface area (Å²) in [6.45, 7) is 11.9. The molecule has 0 aliphatic heterocycles. The molecular weight excluding hydrogens is 240 g/mol. The molecule has 0 aromatic carbocycles. The minimum atomic E-state index is -0.722. The highest BCUT2D eigenvalue weighted by Gasteiger charge is 2.34. The third kappa shape index (κ3) is 3.80. The second kappa shape index (κ2) is 5.74. The molecule has 5 heteroatoms. The number of amides is 1. The van der Waals surface area contributed by atoms with Crippen molar-refractivity contribution in [3.8, 4) is 0 Å². The van der Waals surface area contributed by atoms with E-state index in [9.17, 15) is 4.79 Å². The Bertz CT molecular complexity index is 452. The van der Waals surface area contributed by atoms with E-state index in [1.165, 1.54) is 0 Å². The Labute approximate surface area is 115 Å². The number of hydrogen-bond acceptors (Lipinski definition) is 3. The van der Waals surface area contributed by atoms with Gasteiger partial charge in [0.1, 0.15) is 0 Å². The highest BCUT2D eigenvalue weighted by Crippen LogP contribution is 2.22. The van der Waals surface area contributed by atoms with Crippen molar-refractivity contribution in [2.45, 2.75) is 65.6 Å². The van der Waals surface area contributed by atoms with E-state index < -0.39 is 5.54 Å². The Balaban J connectivity index is 2.91. The van der Waals surface area contributed by atoms with Crippen LogP contribution < -0.4 is 11.1 Å². The first kappa shape index (κ1) is 15.7. The highest BCUT2D eigenvalue weighted by molar-refractivity contribution is 5.84. The van der Waals surface area contributed by atoms with Crippen LogP contribution in [-0.2, 0) is 4.79 Å². The fourth-order valence-corrected chi connectivity index (χ4v) is 2.64. The van der Waals surface area contributed by atoms with Gasteiger partial charge in [0.25, 0.3) is 0 Å². The van der Waals surface area contributed by atoms with Gasteiger partial charge in [-0.2, -0.15) is 5.10 Å². The maximum Gasteiger partial charge on any atom is 0.237 e. The minimum Gasteiger partial charge on any atom is -0.368 e. The van der Waals surface area contributed by atoms with Crippen molar-refractivity contribution in [1.29, 1.82) is 0 Å². The summed E-state index contributed by atoms with van der Waals surface area (Å²) >= 11 is 0. The van der Waals surface area contributed by atoms with E-state index in [0.717, 1.165) is 11.4 Å². The number of hydrogen-bond donors (Lipinski definition) is 2. The number of primary amides is 1. The zero-order chi connectivity index (χ0) is 14.8. The number of carbonyl (C=O) groups excluding carboxylic acids is 1. The van der Waals surface area contributed by atoms with E-state index in [2.05, 4.69) is 17.3 Å².